The molecule has 1 rings (SSSR count). The standard InChI is InChI=1S/C19H28N4O10S/c1-22(19(31)32)15(26)11(21-14(25)6-5-10(20)17(28)29)8-34-9-13(24)16(27)23-7-3-4-12(23)18(30)33-2/h10-12H,3-9,20H2,1-2H3,(H,21,25)(H,28,29)(H,31,32). The Labute approximate surface area is 199 Å². The van der Waals surface area contributed by atoms with E-state index >= 15 is 0 Å². The number of esters is 1. The summed E-state index contributed by atoms with van der Waals surface area (Å²) >= 11 is 0.814. The summed E-state index contributed by atoms with van der Waals surface area (Å²) in [4.78, 5) is 84.5. The van der Waals surface area contributed by atoms with E-state index in [1.165, 1.54) is 7.11 Å². The van der Waals surface area contributed by atoms with E-state index in [1.54, 1.807) is 0 Å². The van der Waals surface area contributed by atoms with E-state index in [-0.39, 0.29) is 30.9 Å². The van der Waals surface area contributed by atoms with Gasteiger partial charge in [0, 0.05) is 25.8 Å². The van der Waals surface area contributed by atoms with Crippen molar-refractivity contribution in [1.29, 1.82) is 0 Å². The molecule has 190 valence electrons. The molecule has 1 aliphatic heterocycles. The van der Waals surface area contributed by atoms with Crippen LogP contribution in [0.25, 0.3) is 0 Å². The summed E-state index contributed by atoms with van der Waals surface area (Å²) in [6.07, 6.45) is -1.22. The molecule has 1 fully saturated rings. The predicted molar refractivity (Wildman–Crippen MR) is 117 cm³/mol. The molecule has 1 aliphatic rings. The normalized spacial score (nSPS) is 16.8. The Morgan fingerprint density at radius 3 is 2.41 bits per heavy atom. The van der Waals surface area contributed by atoms with Gasteiger partial charge in [-0.25, -0.2) is 14.5 Å². The first kappa shape index (κ1) is 28.8. The summed E-state index contributed by atoms with van der Waals surface area (Å²) in [5, 5.41) is 20.1. The number of hydrogen-bond donors (Lipinski definition) is 4. The van der Waals surface area contributed by atoms with Crippen molar-refractivity contribution in [3.63, 3.8) is 0 Å². The first-order valence-corrected chi connectivity index (χ1v) is 11.3. The number of nitrogens with one attached hydrogen (secondary N) is 1. The smallest absolute Gasteiger partial charge is 0.413 e. The predicted octanol–water partition coefficient (Wildman–Crippen LogP) is -1.73. The molecular weight excluding hydrogens is 476 g/mol. The zero-order chi connectivity index (χ0) is 26.0. The second-order valence-electron chi connectivity index (χ2n) is 7.40. The van der Waals surface area contributed by atoms with E-state index in [0.29, 0.717) is 17.7 Å². The first-order valence-electron chi connectivity index (χ1n) is 10.2. The van der Waals surface area contributed by atoms with Crippen molar-refractivity contribution in [2.75, 3.05) is 32.2 Å². The number of Topliss-reactive ketones (excluding diaryl/α,β-unsaturated/α-hetero) is 1. The van der Waals surface area contributed by atoms with E-state index in [9.17, 15) is 33.6 Å². The number of carbonyl (C=O) groups excluding carboxylic acids is 5. The number of likely N-dealkylation sites (tertiary alicyclic amines) is 1. The number of likely N-dealkylation sites (N-methyl/N-ethyl adjacent to an activating group) is 1. The topological polar surface area (TPSA) is 214 Å². The number of thioether (sulfide) groups is 1. The monoisotopic (exact) mass is 504 g/mol. The van der Waals surface area contributed by atoms with Crippen LogP contribution in [0.5, 0.6) is 0 Å². The highest BCUT2D eigenvalue weighted by Crippen LogP contribution is 2.19. The van der Waals surface area contributed by atoms with Crippen LogP contribution in [0.1, 0.15) is 25.7 Å². The molecule has 14 nitrogen and oxygen atoms in total. The van der Waals surface area contributed by atoms with Gasteiger partial charge in [-0.15, -0.1) is 0 Å². The van der Waals surface area contributed by atoms with Crippen molar-refractivity contribution in [1.82, 2.24) is 15.1 Å². The molecule has 0 bridgehead atoms. The fraction of sp³-hybridized carbons (Fsp3) is 0.632. The molecule has 0 spiro atoms. The number of amides is 4. The second kappa shape index (κ2) is 13.5. The fourth-order valence-corrected chi connectivity index (χ4v) is 3.95. The van der Waals surface area contributed by atoms with E-state index in [1.807, 2.05) is 0 Å². The second-order valence-corrected chi connectivity index (χ2v) is 8.43. The molecule has 1 saturated heterocycles. The van der Waals surface area contributed by atoms with Crippen LogP contribution >= 0.6 is 11.8 Å². The van der Waals surface area contributed by atoms with Crippen molar-refractivity contribution >= 4 is 53.3 Å². The van der Waals surface area contributed by atoms with Crippen molar-refractivity contribution < 1.29 is 48.5 Å². The van der Waals surface area contributed by atoms with Crippen LogP contribution in [-0.4, -0.2) is 112 Å². The van der Waals surface area contributed by atoms with E-state index in [0.717, 1.165) is 23.7 Å². The lowest BCUT2D eigenvalue weighted by Crippen LogP contribution is -2.50. The number of carboxylic acid groups (broad SMARTS) is 2. The van der Waals surface area contributed by atoms with Gasteiger partial charge < -0.3 is 30.9 Å². The Bertz CT molecular complexity index is 836. The average Bonchev–Trinajstić information content (AvgIpc) is 3.29. The number of nitrogens with two attached hydrogens (primary N) is 1. The molecule has 34 heavy (non-hydrogen) atoms. The van der Waals surface area contributed by atoms with Crippen LogP contribution in [0.15, 0.2) is 0 Å². The van der Waals surface area contributed by atoms with Gasteiger partial charge in [0.1, 0.15) is 18.1 Å². The van der Waals surface area contributed by atoms with Gasteiger partial charge in [-0.2, -0.15) is 11.8 Å². The third-order valence-corrected chi connectivity index (χ3v) is 6.03. The van der Waals surface area contributed by atoms with Crippen molar-refractivity contribution in [2.24, 2.45) is 5.73 Å². The first-order chi connectivity index (χ1) is 15.9. The lowest BCUT2D eigenvalue weighted by molar-refractivity contribution is -0.153. The number of ketones is 1. The maximum Gasteiger partial charge on any atom is 0.413 e. The summed E-state index contributed by atoms with van der Waals surface area (Å²) in [6, 6.07) is -3.50. The molecule has 0 saturated carbocycles. The highest BCUT2D eigenvalue weighted by molar-refractivity contribution is 8.00. The van der Waals surface area contributed by atoms with Gasteiger partial charge >= 0.3 is 18.0 Å². The lowest BCUT2D eigenvalue weighted by Gasteiger charge is -2.23. The Morgan fingerprint density at radius 2 is 1.85 bits per heavy atom. The van der Waals surface area contributed by atoms with Gasteiger partial charge in [0.25, 0.3) is 11.8 Å². The van der Waals surface area contributed by atoms with Crippen LogP contribution < -0.4 is 11.1 Å². The average molecular weight is 505 g/mol. The van der Waals surface area contributed by atoms with Crippen molar-refractivity contribution in [3.05, 3.63) is 0 Å². The van der Waals surface area contributed by atoms with Crippen molar-refractivity contribution in [3.8, 4) is 0 Å². The Hall–Kier alpha value is -3.20. The van der Waals surface area contributed by atoms with Crippen LogP contribution in [0.4, 0.5) is 4.79 Å². The molecule has 15 heteroatoms. The highest BCUT2D eigenvalue weighted by Gasteiger charge is 2.37. The molecule has 3 unspecified atom stereocenters. The van der Waals surface area contributed by atoms with Gasteiger partial charge in [0.05, 0.1) is 12.9 Å². The number of carboxylic acids is 1. The summed E-state index contributed by atoms with van der Waals surface area (Å²) < 4.78 is 4.64. The van der Waals surface area contributed by atoms with Gasteiger partial charge in [-0.05, 0) is 19.3 Å². The number of nitrogens with zero attached hydrogens (tertiary/aromatic N) is 2. The van der Waals surface area contributed by atoms with Crippen molar-refractivity contribution in [2.45, 2.75) is 43.8 Å². The minimum atomic E-state index is -1.57. The third kappa shape index (κ3) is 8.30. The lowest BCUT2D eigenvalue weighted by atomic mass is 10.1. The van der Waals surface area contributed by atoms with Gasteiger partial charge in [-0.3, -0.25) is 24.0 Å². The molecular formula is C19H28N4O10S. The van der Waals surface area contributed by atoms with E-state index in [2.05, 4.69) is 10.1 Å². The number of imide groups is 1. The summed E-state index contributed by atoms with van der Waals surface area (Å²) in [6.45, 7) is 0.216. The van der Waals surface area contributed by atoms with Crippen LogP contribution in [0.2, 0.25) is 0 Å². The number of rotatable bonds is 12. The molecule has 0 radical (unpaired) electrons. The minimum Gasteiger partial charge on any atom is -0.480 e. The Kier molecular flexibility index (Phi) is 11.4. The highest BCUT2D eigenvalue weighted by atomic mass is 32.2. The van der Waals surface area contributed by atoms with E-state index < -0.39 is 59.7 Å². The largest absolute Gasteiger partial charge is 0.480 e. The van der Waals surface area contributed by atoms with Gasteiger partial charge in [0.2, 0.25) is 11.7 Å². The maximum absolute atomic E-state index is 12.4. The molecule has 5 N–H and O–H groups in total. The van der Waals surface area contributed by atoms with Crippen LogP contribution in [-0.2, 0) is 33.5 Å². The maximum atomic E-state index is 12.4. The minimum absolute atomic E-state index is 0.214. The molecule has 4 amide bonds. The van der Waals surface area contributed by atoms with E-state index in [4.69, 9.17) is 15.9 Å². The molecule has 1 heterocycles. The third-order valence-electron chi connectivity index (χ3n) is 4.99. The van der Waals surface area contributed by atoms with Gasteiger partial charge in [0.15, 0.2) is 0 Å². The molecule has 0 aromatic carbocycles. The molecule has 0 aliphatic carbocycles. The molecule has 3 atom stereocenters. The number of aliphatic carboxylic acids is 1. The summed E-state index contributed by atoms with van der Waals surface area (Å²) in [5.74, 6) is -6.00. The fourth-order valence-electron chi connectivity index (χ4n) is 3.06. The zero-order valence-corrected chi connectivity index (χ0v) is 19.5. The Balaban J connectivity index is 2.73. The number of ether oxygens (including phenoxy) is 1. The Morgan fingerprint density at radius 1 is 1.21 bits per heavy atom. The number of hydrogen-bond acceptors (Lipinski definition) is 10. The molecule has 0 aromatic heterocycles. The molecule has 0 aromatic rings. The summed E-state index contributed by atoms with van der Waals surface area (Å²) in [5.41, 5.74) is 5.34. The zero-order valence-electron chi connectivity index (χ0n) is 18.7. The number of methoxy groups -OCH3 is 1. The van der Waals surface area contributed by atoms with Crippen LogP contribution in [0.3, 0.4) is 0 Å². The van der Waals surface area contributed by atoms with Crippen LogP contribution in [0, 0.1) is 0 Å². The van der Waals surface area contributed by atoms with Gasteiger partial charge in [-0.1, -0.05) is 0 Å². The summed E-state index contributed by atoms with van der Waals surface area (Å²) in [7, 11) is 2.15. The quantitative estimate of drug-likeness (QED) is 0.172. The SMILES string of the molecule is COC(=O)C1CCCN1C(=O)C(=O)CSCC(NC(=O)CCC(N)C(=O)O)C(=O)N(C)C(=O)O. The number of carbonyl (C=O) groups is 7.